The number of ether oxygens (including phenoxy) is 1. The minimum absolute atomic E-state index is 0.0587. The highest BCUT2D eigenvalue weighted by molar-refractivity contribution is 8.03. The lowest BCUT2D eigenvalue weighted by molar-refractivity contribution is -0.132. The van der Waals surface area contributed by atoms with E-state index in [0.717, 1.165) is 49.9 Å². The van der Waals surface area contributed by atoms with Crippen molar-refractivity contribution >= 4 is 23.3 Å². The summed E-state index contributed by atoms with van der Waals surface area (Å²) < 4.78 is 5.23. The standard InChI is InChI=1S/C21H30O3S/c1-20-11-9-17(22)19(25-12-24-3)16(20)5-4-13-14-6-7-18(23)21(14,2)10-8-15(13)20/h13-15H,4-12H2,1-3H3/t13?,14?,15?,20-,21+/m1/s1. The van der Waals surface area contributed by atoms with Gasteiger partial charge < -0.3 is 4.74 Å². The maximum atomic E-state index is 12.6. The van der Waals surface area contributed by atoms with Gasteiger partial charge in [0.15, 0.2) is 5.78 Å². The highest BCUT2D eigenvalue weighted by atomic mass is 32.2. The lowest BCUT2D eigenvalue weighted by Crippen LogP contribution is -2.51. The zero-order valence-electron chi connectivity index (χ0n) is 15.7. The Kier molecular flexibility index (Phi) is 4.43. The smallest absolute Gasteiger partial charge is 0.169 e. The number of ketones is 2. The molecule has 3 saturated carbocycles. The van der Waals surface area contributed by atoms with Crippen molar-refractivity contribution in [2.45, 2.75) is 65.2 Å². The molecule has 138 valence electrons. The van der Waals surface area contributed by atoms with Gasteiger partial charge in [-0.2, -0.15) is 0 Å². The third-order valence-electron chi connectivity index (χ3n) is 8.10. The van der Waals surface area contributed by atoms with Crippen molar-refractivity contribution in [1.82, 2.24) is 0 Å². The second-order valence-corrected chi connectivity index (χ2v) is 9.97. The van der Waals surface area contributed by atoms with Gasteiger partial charge in [0.25, 0.3) is 0 Å². The van der Waals surface area contributed by atoms with Crippen LogP contribution in [0.15, 0.2) is 10.5 Å². The number of hydrogen-bond donors (Lipinski definition) is 0. The van der Waals surface area contributed by atoms with Gasteiger partial charge >= 0.3 is 0 Å². The number of carbonyl (C=O) groups excluding carboxylic acids is 2. The molecule has 0 radical (unpaired) electrons. The van der Waals surface area contributed by atoms with E-state index in [1.54, 1.807) is 18.9 Å². The Bertz CT molecular complexity index is 639. The van der Waals surface area contributed by atoms with Crippen LogP contribution in [0.5, 0.6) is 0 Å². The molecule has 3 nitrogen and oxygen atoms in total. The van der Waals surface area contributed by atoms with Crippen molar-refractivity contribution in [3.8, 4) is 0 Å². The third-order valence-corrected chi connectivity index (χ3v) is 9.22. The first-order valence-electron chi connectivity index (χ1n) is 9.83. The van der Waals surface area contributed by atoms with Gasteiger partial charge in [-0.15, -0.1) is 0 Å². The first-order valence-corrected chi connectivity index (χ1v) is 10.8. The van der Waals surface area contributed by atoms with E-state index in [4.69, 9.17) is 4.74 Å². The highest BCUT2D eigenvalue weighted by Gasteiger charge is 2.59. The predicted octanol–water partition coefficient (Wildman–Crippen LogP) is 4.75. The number of methoxy groups -OCH3 is 1. The second-order valence-electron chi connectivity index (χ2n) is 9.03. The summed E-state index contributed by atoms with van der Waals surface area (Å²) in [5.74, 6) is 3.28. The van der Waals surface area contributed by atoms with Crippen LogP contribution in [0, 0.1) is 28.6 Å². The number of allylic oxidation sites excluding steroid dienone is 1. The van der Waals surface area contributed by atoms with Gasteiger partial charge in [0.05, 0.1) is 10.8 Å². The molecule has 0 spiro atoms. The van der Waals surface area contributed by atoms with Crippen molar-refractivity contribution in [2.75, 3.05) is 13.0 Å². The molecule has 0 aromatic heterocycles. The minimum atomic E-state index is -0.0587. The molecule has 0 aromatic carbocycles. The third kappa shape index (κ3) is 2.50. The summed E-state index contributed by atoms with van der Waals surface area (Å²) in [4.78, 5) is 26.1. The second kappa shape index (κ2) is 6.23. The molecule has 0 amide bonds. The van der Waals surface area contributed by atoms with E-state index in [0.29, 0.717) is 41.7 Å². The molecule has 0 heterocycles. The van der Waals surface area contributed by atoms with Crippen LogP contribution >= 0.6 is 11.8 Å². The van der Waals surface area contributed by atoms with Crippen LogP contribution in [-0.2, 0) is 14.3 Å². The van der Waals surface area contributed by atoms with Gasteiger partial charge in [-0.05, 0) is 67.3 Å². The largest absolute Gasteiger partial charge is 0.374 e. The summed E-state index contributed by atoms with van der Waals surface area (Å²) in [5.41, 5.74) is 1.51. The van der Waals surface area contributed by atoms with E-state index in [2.05, 4.69) is 13.8 Å². The van der Waals surface area contributed by atoms with Crippen molar-refractivity contribution in [3.05, 3.63) is 10.5 Å². The maximum Gasteiger partial charge on any atom is 0.169 e. The van der Waals surface area contributed by atoms with Crippen LogP contribution in [0.25, 0.3) is 0 Å². The zero-order chi connectivity index (χ0) is 17.8. The summed E-state index contributed by atoms with van der Waals surface area (Å²) in [7, 11) is 1.70. The molecule has 0 bridgehead atoms. The van der Waals surface area contributed by atoms with Gasteiger partial charge in [-0.3, -0.25) is 9.59 Å². The van der Waals surface area contributed by atoms with Crippen LogP contribution in [-0.4, -0.2) is 24.6 Å². The highest BCUT2D eigenvalue weighted by Crippen LogP contribution is 2.65. The molecule has 0 saturated heterocycles. The maximum absolute atomic E-state index is 12.6. The van der Waals surface area contributed by atoms with Crippen molar-refractivity contribution in [1.29, 1.82) is 0 Å². The normalized spacial score (nSPS) is 43.7. The Balaban J connectivity index is 1.69. The summed E-state index contributed by atoms with van der Waals surface area (Å²) in [6.07, 6.45) is 7.96. The number of fused-ring (bicyclic) bond motifs is 5. The summed E-state index contributed by atoms with van der Waals surface area (Å²) in [6, 6.07) is 0. The van der Waals surface area contributed by atoms with Gasteiger partial charge in [0.2, 0.25) is 0 Å². The fraction of sp³-hybridized carbons (Fsp3) is 0.810. The predicted molar refractivity (Wildman–Crippen MR) is 100 cm³/mol. The quantitative estimate of drug-likeness (QED) is 0.679. The topological polar surface area (TPSA) is 43.4 Å². The van der Waals surface area contributed by atoms with E-state index in [9.17, 15) is 9.59 Å². The average molecular weight is 363 g/mol. The molecule has 3 unspecified atom stereocenters. The van der Waals surface area contributed by atoms with Crippen molar-refractivity contribution in [2.24, 2.45) is 28.6 Å². The van der Waals surface area contributed by atoms with Crippen LogP contribution in [0.2, 0.25) is 0 Å². The van der Waals surface area contributed by atoms with Crippen molar-refractivity contribution < 1.29 is 14.3 Å². The molecule has 4 heteroatoms. The van der Waals surface area contributed by atoms with E-state index in [1.165, 1.54) is 5.57 Å². The summed E-state index contributed by atoms with van der Waals surface area (Å²) in [5, 5.41) is 0. The SMILES string of the molecule is COCSC1=C2CCC3C(CC[C@]4(C)C(=O)CCC34)[C@@]2(C)CCC1=O. The monoisotopic (exact) mass is 362 g/mol. The fourth-order valence-electron chi connectivity index (χ4n) is 6.72. The van der Waals surface area contributed by atoms with E-state index < -0.39 is 0 Å². The zero-order valence-corrected chi connectivity index (χ0v) is 16.5. The van der Waals surface area contributed by atoms with E-state index in [1.807, 2.05) is 0 Å². The molecule has 3 fully saturated rings. The molecular formula is C21H30O3S. The van der Waals surface area contributed by atoms with Gasteiger partial charge in [-0.25, -0.2) is 0 Å². The number of hydrogen-bond acceptors (Lipinski definition) is 4. The first-order chi connectivity index (χ1) is 11.9. The van der Waals surface area contributed by atoms with Crippen LogP contribution in [0.4, 0.5) is 0 Å². The fourth-order valence-corrected chi connectivity index (χ4v) is 7.73. The molecular weight excluding hydrogens is 332 g/mol. The molecule has 0 N–H and O–H groups in total. The lowest BCUT2D eigenvalue weighted by Gasteiger charge is -2.57. The van der Waals surface area contributed by atoms with Crippen LogP contribution < -0.4 is 0 Å². The number of thioether (sulfide) groups is 1. The molecule has 25 heavy (non-hydrogen) atoms. The molecule has 0 aliphatic heterocycles. The molecule has 4 rings (SSSR count). The Morgan fingerprint density at radius 3 is 2.52 bits per heavy atom. The summed E-state index contributed by atoms with van der Waals surface area (Å²) >= 11 is 1.60. The number of carbonyl (C=O) groups is 2. The number of Topliss-reactive ketones (excluding diaryl/α,β-unsaturated/α-hetero) is 2. The molecule has 0 aromatic rings. The lowest BCUT2D eigenvalue weighted by atomic mass is 9.47. The first kappa shape index (κ1) is 17.8. The Labute approximate surface area is 155 Å². The number of rotatable bonds is 3. The van der Waals surface area contributed by atoms with Crippen LogP contribution in [0.1, 0.15) is 65.2 Å². The average Bonchev–Trinajstić information content (AvgIpc) is 2.90. The van der Waals surface area contributed by atoms with Gasteiger partial charge in [0.1, 0.15) is 5.78 Å². The van der Waals surface area contributed by atoms with E-state index >= 15 is 0 Å². The summed E-state index contributed by atoms with van der Waals surface area (Å²) in [6.45, 7) is 4.65. The molecule has 4 aliphatic carbocycles. The Hall–Kier alpha value is -0.610. The van der Waals surface area contributed by atoms with Gasteiger partial charge in [0, 0.05) is 25.4 Å². The molecule has 4 aliphatic rings. The Morgan fingerprint density at radius 1 is 1.00 bits per heavy atom. The minimum Gasteiger partial charge on any atom is -0.374 e. The van der Waals surface area contributed by atoms with Gasteiger partial charge in [-0.1, -0.05) is 25.6 Å². The molecule has 5 atom stereocenters. The van der Waals surface area contributed by atoms with E-state index in [-0.39, 0.29) is 10.8 Å². The van der Waals surface area contributed by atoms with Crippen molar-refractivity contribution in [3.63, 3.8) is 0 Å². The Morgan fingerprint density at radius 2 is 1.76 bits per heavy atom. The van der Waals surface area contributed by atoms with Crippen LogP contribution in [0.3, 0.4) is 0 Å².